The first kappa shape index (κ1) is 25.3. The number of aryl methyl sites for hydroxylation is 1. The fourth-order valence-corrected chi connectivity index (χ4v) is 3.22. The van der Waals surface area contributed by atoms with Crippen LogP contribution in [0.3, 0.4) is 0 Å². The van der Waals surface area contributed by atoms with Gasteiger partial charge in [-0.25, -0.2) is 4.79 Å². The molecule has 0 saturated heterocycles. The van der Waals surface area contributed by atoms with Crippen LogP contribution in [0.5, 0.6) is 0 Å². The van der Waals surface area contributed by atoms with Crippen LogP contribution in [0.4, 0.5) is 4.79 Å². The number of alkyl carbamates (subject to hydrolysis) is 1. The number of nitrogens with one attached hydrogen (secondary N) is 3. The Kier molecular flexibility index (Phi) is 8.74. The summed E-state index contributed by atoms with van der Waals surface area (Å²) in [7, 11) is 0. The van der Waals surface area contributed by atoms with Crippen LogP contribution in [0.2, 0.25) is 0 Å². The summed E-state index contributed by atoms with van der Waals surface area (Å²) >= 11 is 0. The number of carbonyl (C=O) groups excluding carboxylic acids is 4. The summed E-state index contributed by atoms with van der Waals surface area (Å²) < 4.78 is 5.21. The molecule has 0 radical (unpaired) electrons. The maximum atomic E-state index is 13.0. The summed E-state index contributed by atoms with van der Waals surface area (Å²) in [5.74, 6) is -2.30. The molecule has 2 unspecified atom stereocenters. The van der Waals surface area contributed by atoms with Crippen molar-refractivity contribution in [2.45, 2.75) is 66.0 Å². The Morgan fingerprint density at radius 2 is 1.91 bits per heavy atom. The van der Waals surface area contributed by atoms with E-state index in [1.165, 1.54) is 0 Å². The zero-order chi connectivity index (χ0) is 23.9. The van der Waals surface area contributed by atoms with Crippen molar-refractivity contribution < 1.29 is 23.9 Å². The van der Waals surface area contributed by atoms with Gasteiger partial charge in [0.25, 0.3) is 5.91 Å². The lowest BCUT2D eigenvalue weighted by Crippen LogP contribution is -2.56. The Morgan fingerprint density at radius 3 is 2.56 bits per heavy atom. The van der Waals surface area contributed by atoms with E-state index < -0.39 is 35.8 Å². The van der Waals surface area contributed by atoms with Gasteiger partial charge in [0.1, 0.15) is 12.1 Å². The number of amides is 3. The molecule has 0 saturated carbocycles. The maximum Gasteiger partial charge on any atom is 0.407 e. The van der Waals surface area contributed by atoms with Gasteiger partial charge in [-0.05, 0) is 35.3 Å². The molecule has 9 nitrogen and oxygen atoms in total. The van der Waals surface area contributed by atoms with Crippen LogP contribution in [0.25, 0.3) is 0 Å². The van der Waals surface area contributed by atoms with Gasteiger partial charge in [-0.3, -0.25) is 19.4 Å². The Labute approximate surface area is 189 Å². The third-order valence-corrected chi connectivity index (χ3v) is 4.93. The monoisotopic (exact) mass is 446 g/mol. The number of hydrogen-bond acceptors (Lipinski definition) is 6. The molecule has 3 N–H and O–H groups in total. The van der Waals surface area contributed by atoms with E-state index in [1.807, 2.05) is 26.8 Å². The van der Waals surface area contributed by atoms with Gasteiger partial charge in [0.2, 0.25) is 11.7 Å². The molecule has 0 spiro atoms. The van der Waals surface area contributed by atoms with E-state index >= 15 is 0 Å². The molecule has 1 aliphatic rings. The SMILES string of the molecule is CC(C)C(NC(=O)OCC(C)(C)C)C(=O)NC1Cc2cncc(c2)CCCNC(=O)C1=O. The minimum Gasteiger partial charge on any atom is -0.449 e. The Bertz CT molecular complexity index is 847. The Hall–Kier alpha value is -2.97. The highest BCUT2D eigenvalue weighted by molar-refractivity contribution is 6.38. The number of hydrogen-bond donors (Lipinski definition) is 3. The Balaban J connectivity index is 2.16. The fourth-order valence-electron chi connectivity index (χ4n) is 3.22. The van der Waals surface area contributed by atoms with Crippen molar-refractivity contribution in [3.63, 3.8) is 0 Å². The van der Waals surface area contributed by atoms with Crippen LogP contribution in [-0.4, -0.2) is 53.9 Å². The van der Waals surface area contributed by atoms with Gasteiger partial charge in [0, 0.05) is 25.4 Å². The highest BCUT2D eigenvalue weighted by Crippen LogP contribution is 2.14. The van der Waals surface area contributed by atoms with E-state index in [1.54, 1.807) is 26.2 Å². The molecule has 0 aromatic carbocycles. The van der Waals surface area contributed by atoms with Crippen LogP contribution in [0.15, 0.2) is 18.5 Å². The van der Waals surface area contributed by atoms with E-state index in [0.29, 0.717) is 13.0 Å². The highest BCUT2D eigenvalue weighted by Gasteiger charge is 2.32. The van der Waals surface area contributed by atoms with E-state index in [4.69, 9.17) is 4.74 Å². The van der Waals surface area contributed by atoms with Crippen molar-refractivity contribution in [1.82, 2.24) is 20.9 Å². The summed E-state index contributed by atoms with van der Waals surface area (Å²) in [5.41, 5.74) is 1.53. The molecule has 1 aliphatic heterocycles. The molecule has 176 valence electrons. The number of rotatable bonds is 5. The molecule has 0 aliphatic carbocycles. The normalized spacial score (nSPS) is 18.2. The zero-order valence-electron chi connectivity index (χ0n) is 19.5. The van der Waals surface area contributed by atoms with Crippen molar-refractivity contribution in [2.24, 2.45) is 11.3 Å². The minimum atomic E-state index is -1.08. The molecule has 9 heteroatoms. The lowest BCUT2D eigenvalue weighted by Gasteiger charge is -2.25. The summed E-state index contributed by atoms with van der Waals surface area (Å²) in [6, 6.07) is -0.0793. The predicted octanol–water partition coefficient (Wildman–Crippen LogP) is 1.54. The van der Waals surface area contributed by atoms with Crippen molar-refractivity contribution in [1.29, 1.82) is 0 Å². The number of nitrogens with zero attached hydrogens (tertiary/aromatic N) is 1. The molecule has 2 bridgehead atoms. The van der Waals surface area contributed by atoms with Crippen LogP contribution in [0, 0.1) is 11.3 Å². The Morgan fingerprint density at radius 1 is 1.22 bits per heavy atom. The first-order valence-corrected chi connectivity index (χ1v) is 10.9. The van der Waals surface area contributed by atoms with Gasteiger partial charge in [0.05, 0.1) is 6.61 Å². The van der Waals surface area contributed by atoms with Gasteiger partial charge >= 0.3 is 6.09 Å². The van der Waals surface area contributed by atoms with Gasteiger partial charge in [-0.15, -0.1) is 0 Å². The highest BCUT2D eigenvalue weighted by atomic mass is 16.5. The van der Waals surface area contributed by atoms with E-state index in [2.05, 4.69) is 20.9 Å². The average Bonchev–Trinajstić information content (AvgIpc) is 2.72. The number of carbonyl (C=O) groups is 4. The van der Waals surface area contributed by atoms with E-state index in [0.717, 1.165) is 17.5 Å². The van der Waals surface area contributed by atoms with Crippen LogP contribution < -0.4 is 16.0 Å². The summed E-state index contributed by atoms with van der Waals surface area (Å²) in [6.07, 6.45) is 4.18. The number of ether oxygens (including phenoxy) is 1. The molecule has 3 amide bonds. The molecular formula is C23H34N4O5. The van der Waals surface area contributed by atoms with Crippen LogP contribution in [0.1, 0.15) is 52.2 Å². The molecule has 2 rings (SSSR count). The average molecular weight is 447 g/mol. The van der Waals surface area contributed by atoms with Gasteiger partial charge in [0.15, 0.2) is 0 Å². The molecule has 2 atom stereocenters. The van der Waals surface area contributed by atoms with Gasteiger partial charge in [-0.1, -0.05) is 40.7 Å². The summed E-state index contributed by atoms with van der Waals surface area (Å²) in [5, 5.41) is 7.84. The third kappa shape index (κ3) is 7.94. The number of aromatic nitrogens is 1. The van der Waals surface area contributed by atoms with Crippen molar-refractivity contribution >= 4 is 23.7 Å². The smallest absolute Gasteiger partial charge is 0.407 e. The largest absolute Gasteiger partial charge is 0.449 e. The van der Waals surface area contributed by atoms with Crippen LogP contribution >= 0.6 is 0 Å². The number of Topliss-reactive ketones (excluding diaryl/α,β-unsaturated/α-hetero) is 1. The fraction of sp³-hybridized carbons (Fsp3) is 0.609. The second kappa shape index (κ2) is 11.1. The second-order valence-corrected chi connectivity index (χ2v) is 9.69. The number of fused-ring (bicyclic) bond motifs is 2. The minimum absolute atomic E-state index is 0.123. The lowest BCUT2D eigenvalue weighted by molar-refractivity contribution is -0.140. The van der Waals surface area contributed by atoms with E-state index in [-0.39, 0.29) is 24.4 Å². The topological polar surface area (TPSA) is 126 Å². The quantitative estimate of drug-likeness (QED) is 0.589. The van der Waals surface area contributed by atoms with Crippen LogP contribution in [-0.2, 0) is 32.0 Å². The first-order valence-electron chi connectivity index (χ1n) is 10.9. The van der Waals surface area contributed by atoms with Gasteiger partial charge < -0.3 is 20.7 Å². The standard InChI is InChI=1S/C23H34N4O5/c1-14(2)18(27-22(31)32-13-23(3,4)5)20(29)26-17-10-16-9-15(11-24-12-16)7-6-8-25-21(30)19(17)28/h9,11-12,14,17-18H,6-8,10,13H2,1-5H3,(H,25,30)(H,26,29)(H,27,31). The number of ketones is 1. The summed E-state index contributed by atoms with van der Waals surface area (Å²) in [6.45, 7) is 9.86. The van der Waals surface area contributed by atoms with E-state index in [9.17, 15) is 19.2 Å². The molecular weight excluding hydrogens is 412 g/mol. The number of pyridine rings is 1. The maximum absolute atomic E-state index is 13.0. The third-order valence-electron chi connectivity index (χ3n) is 4.93. The molecule has 1 aromatic heterocycles. The second-order valence-electron chi connectivity index (χ2n) is 9.69. The molecule has 2 heterocycles. The molecule has 32 heavy (non-hydrogen) atoms. The van der Waals surface area contributed by atoms with Gasteiger partial charge in [-0.2, -0.15) is 0 Å². The zero-order valence-corrected chi connectivity index (χ0v) is 19.5. The lowest BCUT2D eigenvalue weighted by atomic mass is 9.98. The van der Waals surface area contributed by atoms with Crippen molar-refractivity contribution in [3.8, 4) is 0 Å². The summed E-state index contributed by atoms with van der Waals surface area (Å²) in [4.78, 5) is 54.5. The first-order chi connectivity index (χ1) is 15.0. The molecule has 0 fully saturated rings. The molecule has 1 aromatic rings. The predicted molar refractivity (Wildman–Crippen MR) is 119 cm³/mol. The van der Waals surface area contributed by atoms with Crippen molar-refractivity contribution in [3.05, 3.63) is 29.6 Å². The van der Waals surface area contributed by atoms with Crippen molar-refractivity contribution in [2.75, 3.05) is 13.2 Å².